The van der Waals surface area contributed by atoms with E-state index in [1.807, 2.05) is 0 Å². The number of amides is 1. The van der Waals surface area contributed by atoms with Crippen molar-refractivity contribution in [1.82, 2.24) is 24.2 Å². The van der Waals surface area contributed by atoms with Crippen molar-refractivity contribution < 1.29 is 17.9 Å². The number of carbonyl (C=O) groups excluding carboxylic acids is 1. The van der Waals surface area contributed by atoms with Crippen molar-refractivity contribution in [3.8, 4) is 0 Å². The molecule has 1 amide bonds. The number of hydrogen-bond acceptors (Lipinski definition) is 6. The number of para-hydroxylation sites is 1. The number of rotatable bonds is 5. The minimum Gasteiger partial charge on any atom is -0.379 e. The average molecular weight is 468 g/mol. The van der Waals surface area contributed by atoms with E-state index in [1.54, 1.807) is 36.4 Å². The maximum Gasteiger partial charge on any atom is 0.259 e. The van der Waals surface area contributed by atoms with E-state index in [1.165, 1.54) is 27.2 Å². The van der Waals surface area contributed by atoms with Gasteiger partial charge in [-0.05, 0) is 29.8 Å². The molecule has 0 bridgehead atoms. The number of aromatic nitrogens is 3. The van der Waals surface area contributed by atoms with Crippen LogP contribution < -0.4 is 10.9 Å². The van der Waals surface area contributed by atoms with Gasteiger partial charge in [0.2, 0.25) is 10.0 Å². The fourth-order valence-electron chi connectivity index (χ4n) is 3.84. The third kappa shape index (κ3) is 3.90. The SMILES string of the molecule is O=C(NCc1ccc(S(=O)(=O)N2CCOCC2)cc1)c1cnn2c1[nH]c(=O)c1ccccc12. The van der Waals surface area contributed by atoms with Gasteiger partial charge >= 0.3 is 0 Å². The van der Waals surface area contributed by atoms with Gasteiger partial charge in [-0.15, -0.1) is 0 Å². The van der Waals surface area contributed by atoms with Gasteiger partial charge in [-0.25, -0.2) is 12.9 Å². The van der Waals surface area contributed by atoms with Crippen LogP contribution >= 0.6 is 0 Å². The molecule has 2 aromatic heterocycles. The van der Waals surface area contributed by atoms with E-state index in [4.69, 9.17) is 4.74 Å². The van der Waals surface area contributed by atoms with Crippen LogP contribution in [-0.4, -0.2) is 59.5 Å². The molecule has 1 aliphatic rings. The number of H-pyrrole nitrogens is 1. The van der Waals surface area contributed by atoms with Crippen molar-refractivity contribution >= 4 is 32.5 Å². The fourth-order valence-corrected chi connectivity index (χ4v) is 5.24. The standard InChI is InChI=1S/C22H21N5O5S/c28-21(18-14-24-27-19-4-2-1-3-17(19)22(29)25-20(18)27)23-13-15-5-7-16(8-6-15)33(30,31)26-9-11-32-12-10-26/h1-8,14H,9-13H2,(H,23,28)(H,25,29). The van der Waals surface area contributed by atoms with Crippen molar-refractivity contribution in [2.24, 2.45) is 0 Å². The molecule has 4 aromatic rings. The molecule has 11 heteroatoms. The highest BCUT2D eigenvalue weighted by Gasteiger charge is 2.26. The Labute approximate surface area is 188 Å². The lowest BCUT2D eigenvalue weighted by Gasteiger charge is -2.26. The van der Waals surface area contributed by atoms with Gasteiger partial charge in [-0.1, -0.05) is 24.3 Å². The van der Waals surface area contributed by atoms with Crippen molar-refractivity contribution in [2.45, 2.75) is 11.4 Å². The predicted molar refractivity (Wildman–Crippen MR) is 121 cm³/mol. The van der Waals surface area contributed by atoms with Gasteiger partial charge in [-0.3, -0.25) is 9.59 Å². The number of nitrogens with zero attached hydrogens (tertiary/aromatic N) is 3. The Balaban J connectivity index is 1.32. The lowest BCUT2D eigenvalue weighted by molar-refractivity contribution is 0.0730. The summed E-state index contributed by atoms with van der Waals surface area (Å²) < 4.78 is 33.6. The number of nitrogens with one attached hydrogen (secondary N) is 2. The fraction of sp³-hybridized carbons (Fsp3) is 0.227. The van der Waals surface area contributed by atoms with Crippen LogP contribution in [0.25, 0.3) is 16.6 Å². The van der Waals surface area contributed by atoms with Crippen LogP contribution in [0.2, 0.25) is 0 Å². The monoisotopic (exact) mass is 467 g/mol. The lowest BCUT2D eigenvalue weighted by atomic mass is 10.2. The highest BCUT2D eigenvalue weighted by molar-refractivity contribution is 7.89. The molecule has 5 rings (SSSR count). The van der Waals surface area contributed by atoms with Crippen molar-refractivity contribution in [3.63, 3.8) is 0 Å². The van der Waals surface area contributed by atoms with Gasteiger partial charge in [0.15, 0.2) is 0 Å². The molecule has 170 valence electrons. The molecule has 2 aromatic carbocycles. The highest BCUT2D eigenvalue weighted by Crippen LogP contribution is 2.18. The van der Waals surface area contributed by atoms with Gasteiger partial charge in [-0.2, -0.15) is 9.40 Å². The molecular weight excluding hydrogens is 446 g/mol. The number of hydrogen-bond donors (Lipinski definition) is 2. The number of morpholine rings is 1. The Morgan fingerprint density at radius 2 is 1.82 bits per heavy atom. The molecule has 0 spiro atoms. The van der Waals surface area contributed by atoms with E-state index in [0.29, 0.717) is 42.9 Å². The molecule has 0 unspecified atom stereocenters. The Morgan fingerprint density at radius 1 is 1.09 bits per heavy atom. The van der Waals surface area contributed by atoms with Crippen LogP contribution in [0.15, 0.2) is 64.4 Å². The summed E-state index contributed by atoms with van der Waals surface area (Å²) in [5.41, 5.74) is 1.59. The van der Waals surface area contributed by atoms with Gasteiger partial charge in [0, 0.05) is 19.6 Å². The first-order valence-electron chi connectivity index (χ1n) is 10.4. The summed E-state index contributed by atoms with van der Waals surface area (Å²) in [7, 11) is -3.57. The quantitative estimate of drug-likeness (QED) is 0.453. The van der Waals surface area contributed by atoms with E-state index in [0.717, 1.165) is 5.56 Å². The second kappa shape index (κ2) is 8.43. The minimum atomic E-state index is -3.57. The summed E-state index contributed by atoms with van der Waals surface area (Å²) >= 11 is 0. The van der Waals surface area contributed by atoms with Crippen LogP contribution in [-0.2, 0) is 21.3 Å². The predicted octanol–water partition coefficient (Wildman–Crippen LogP) is 1.13. The molecular formula is C22H21N5O5S. The highest BCUT2D eigenvalue weighted by atomic mass is 32.2. The zero-order valence-electron chi connectivity index (χ0n) is 17.5. The molecule has 3 heterocycles. The first-order valence-corrected chi connectivity index (χ1v) is 11.8. The molecule has 1 aliphatic heterocycles. The third-order valence-corrected chi connectivity index (χ3v) is 7.52. The van der Waals surface area contributed by atoms with Gasteiger partial charge < -0.3 is 15.0 Å². The number of benzene rings is 2. The van der Waals surface area contributed by atoms with Gasteiger partial charge in [0.25, 0.3) is 11.5 Å². The van der Waals surface area contributed by atoms with E-state index in [-0.39, 0.29) is 22.6 Å². The van der Waals surface area contributed by atoms with Crippen LogP contribution in [0.1, 0.15) is 15.9 Å². The Hall–Kier alpha value is -3.54. The smallest absolute Gasteiger partial charge is 0.259 e. The van der Waals surface area contributed by atoms with Crippen molar-refractivity contribution in [1.29, 1.82) is 0 Å². The van der Waals surface area contributed by atoms with Crippen LogP contribution in [0.4, 0.5) is 0 Å². The first kappa shape index (κ1) is 21.3. The normalized spacial score (nSPS) is 15.2. The van der Waals surface area contributed by atoms with E-state index in [9.17, 15) is 18.0 Å². The molecule has 0 aliphatic carbocycles. The molecule has 0 saturated carbocycles. The Kier molecular flexibility index (Phi) is 5.44. The summed E-state index contributed by atoms with van der Waals surface area (Å²) in [4.78, 5) is 28.1. The topological polar surface area (TPSA) is 126 Å². The molecule has 0 radical (unpaired) electrons. The second-order valence-corrected chi connectivity index (χ2v) is 9.57. The van der Waals surface area contributed by atoms with Gasteiger partial charge in [0.05, 0.1) is 35.2 Å². The van der Waals surface area contributed by atoms with Crippen LogP contribution in [0.3, 0.4) is 0 Å². The van der Waals surface area contributed by atoms with E-state index in [2.05, 4.69) is 15.4 Å². The number of aromatic amines is 1. The first-order chi connectivity index (χ1) is 15.9. The summed E-state index contributed by atoms with van der Waals surface area (Å²) in [6, 6.07) is 13.4. The maximum absolute atomic E-state index is 12.8. The summed E-state index contributed by atoms with van der Waals surface area (Å²) in [6.45, 7) is 1.61. The summed E-state index contributed by atoms with van der Waals surface area (Å²) in [5.74, 6) is -0.402. The molecule has 1 fully saturated rings. The van der Waals surface area contributed by atoms with Crippen LogP contribution in [0.5, 0.6) is 0 Å². The molecule has 10 nitrogen and oxygen atoms in total. The summed E-state index contributed by atoms with van der Waals surface area (Å²) in [6.07, 6.45) is 1.41. The molecule has 1 saturated heterocycles. The van der Waals surface area contributed by atoms with E-state index >= 15 is 0 Å². The average Bonchev–Trinajstić information content (AvgIpc) is 3.27. The number of ether oxygens (including phenoxy) is 1. The second-order valence-electron chi connectivity index (χ2n) is 7.63. The molecule has 2 N–H and O–H groups in total. The maximum atomic E-state index is 12.8. The lowest BCUT2D eigenvalue weighted by Crippen LogP contribution is -2.40. The zero-order valence-corrected chi connectivity index (χ0v) is 18.3. The Morgan fingerprint density at radius 3 is 2.58 bits per heavy atom. The van der Waals surface area contributed by atoms with Crippen molar-refractivity contribution in [2.75, 3.05) is 26.3 Å². The number of carbonyl (C=O) groups is 1. The van der Waals surface area contributed by atoms with Crippen LogP contribution in [0, 0.1) is 0 Å². The molecule has 33 heavy (non-hydrogen) atoms. The van der Waals surface area contributed by atoms with Gasteiger partial charge in [0.1, 0.15) is 11.2 Å². The zero-order chi connectivity index (χ0) is 23.0. The number of fused-ring (bicyclic) bond motifs is 3. The third-order valence-electron chi connectivity index (χ3n) is 5.61. The minimum absolute atomic E-state index is 0.186. The summed E-state index contributed by atoms with van der Waals surface area (Å²) in [5, 5.41) is 7.52. The largest absolute Gasteiger partial charge is 0.379 e. The number of sulfonamides is 1. The molecule has 0 atom stereocenters. The Bertz CT molecular complexity index is 1500. The van der Waals surface area contributed by atoms with E-state index < -0.39 is 15.9 Å². The van der Waals surface area contributed by atoms with Crippen molar-refractivity contribution in [3.05, 3.63) is 76.2 Å².